The van der Waals surface area contributed by atoms with Gasteiger partial charge in [-0.25, -0.2) is 0 Å². The molecule has 22 heavy (non-hydrogen) atoms. The lowest BCUT2D eigenvalue weighted by Crippen LogP contribution is -2.21. The molecule has 0 aliphatic carbocycles. The van der Waals surface area contributed by atoms with Crippen LogP contribution in [0, 0.1) is 0 Å². The third-order valence-corrected chi connectivity index (χ3v) is 3.04. The average Bonchev–Trinajstić information content (AvgIpc) is 2.47. The second-order valence-electron chi connectivity index (χ2n) is 4.32. The molecule has 0 atom stereocenters. The molecular formula is C15H13F3N2OS. The van der Waals surface area contributed by atoms with Crippen molar-refractivity contribution in [3.63, 3.8) is 0 Å². The lowest BCUT2D eigenvalue weighted by atomic mass is 10.1. The van der Waals surface area contributed by atoms with Gasteiger partial charge < -0.3 is 15.4 Å². The average molecular weight is 326 g/mol. The largest absolute Gasteiger partial charge is 0.495 e. The highest BCUT2D eigenvalue weighted by atomic mass is 32.1. The van der Waals surface area contributed by atoms with Gasteiger partial charge in [-0.1, -0.05) is 24.3 Å². The van der Waals surface area contributed by atoms with E-state index in [-0.39, 0.29) is 10.8 Å². The highest BCUT2D eigenvalue weighted by Crippen LogP contribution is 2.34. The molecule has 7 heteroatoms. The molecule has 0 bridgehead atoms. The lowest BCUT2D eigenvalue weighted by Gasteiger charge is -2.16. The highest BCUT2D eigenvalue weighted by molar-refractivity contribution is 7.80. The third-order valence-electron chi connectivity index (χ3n) is 2.84. The van der Waals surface area contributed by atoms with Crippen LogP contribution in [0.2, 0.25) is 0 Å². The quantitative estimate of drug-likeness (QED) is 0.812. The lowest BCUT2D eigenvalue weighted by molar-refractivity contribution is -0.136. The van der Waals surface area contributed by atoms with E-state index in [1.54, 1.807) is 24.3 Å². The second-order valence-corrected chi connectivity index (χ2v) is 4.73. The van der Waals surface area contributed by atoms with Crippen LogP contribution in [0.5, 0.6) is 5.75 Å². The van der Waals surface area contributed by atoms with Gasteiger partial charge in [-0.15, -0.1) is 0 Å². The second kappa shape index (κ2) is 6.65. The summed E-state index contributed by atoms with van der Waals surface area (Å²) in [7, 11) is 1.50. The fourth-order valence-electron chi connectivity index (χ4n) is 1.86. The molecule has 2 aromatic rings. The predicted molar refractivity (Wildman–Crippen MR) is 84.3 cm³/mol. The number of hydrogen-bond donors (Lipinski definition) is 2. The maximum atomic E-state index is 12.9. The van der Waals surface area contributed by atoms with Gasteiger partial charge in [0.15, 0.2) is 5.11 Å². The molecule has 2 N–H and O–H groups in total. The number of para-hydroxylation sites is 3. The summed E-state index contributed by atoms with van der Waals surface area (Å²) in [5.41, 5.74) is -0.325. The van der Waals surface area contributed by atoms with Crippen molar-refractivity contribution in [1.29, 1.82) is 0 Å². The third kappa shape index (κ3) is 3.88. The van der Waals surface area contributed by atoms with E-state index in [1.165, 1.54) is 25.3 Å². The van der Waals surface area contributed by atoms with E-state index < -0.39 is 11.7 Å². The normalized spacial score (nSPS) is 10.9. The van der Waals surface area contributed by atoms with Crippen LogP contribution in [0.1, 0.15) is 5.56 Å². The number of rotatable bonds is 3. The predicted octanol–water partition coefficient (Wildman–Crippen LogP) is 4.52. The molecule has 0 spiro atoms. The Hall–Kier alpha value is -2.28. The van der Waals surface area contributed by atoms with E-state index in [9.17, 15) is 13.2 Å². The van der Waals surface area contributed by atoms with Crippen LogP contribution < -0.4 is 15.4 Å². The Morgan fingerprint density at radius 2 is 1.50 bits per heavy atom. The Bertz CT molecular complexity index is 674. The number of ether oxygens (including phenoxy) is 1. The number of hydrogen-bond acceptors (Lipinski definition) is 2. The van der Waals surface area contributed by atoms with E-state index in [0.717, 1.165) is 6.07 Å². The maximum absolute atomic E-state index is 12.9. The molecule has 0 aliphatic rings. The molecule has 0 saturated carbocycles. The van der Waals surface area contributed by atoms with Crippen LogP contribution in [-0.4, -0.2) is 12.2 Å². The number of methoxy groups -OCH3 is 1. The molecule has 116 valence electrons. The number of alkyl halides is 3. The first-order valence-corrected chi connectivity index (χ1v) is 6.70. The SMILES string of the molecule is COc1ccccc1NC(=S)Nc1ccccc1C(F)(F)F. The van der Waals surface area contributed by atoms with Gasteiger partial charge >= 0.3 is 6.18 Å². The summed E-state index contributed by atoms with van der Waals surface area (Å²) in [6.07, 6.45) is -4.45. The first kappa shape index (κ1) is 16.1. The number of halogens is 3. The van der Waals surface area contributed by atoms with Crippen LogP contribution >= 0.6 is 12.2 Å². The maximum Gasteiger partial charge on any atom is 0.418 e. The molecule has 0 radical (unpaired) electrons. The van der Waals surface area contributed by atoms with Crippen molar-refractivity contribution in [2.24, 2.45) is 0 Å². The van der Waals surface area contributed by atoms with Gasteiger partial charge in [0.2, 0.25) is 0 Å². The number of benzene rings is 2. The fraction of sp³-hybridized carbons (Fsp3) is 0.133. The molecule has 0 saturated heterocycles. The number of thiocarbonyl (C=S) groups is 1. The topological polar surface area (TPSA) is 33.3 Å². The monoisotopic (exact) mass is 326 g/mol. The highest BCUT2D eigenvalue weighted by Gasteiger charge is 2.33. The fourth-order valence-corrected chi connectivity index (χ4v) is 2.08. The summed E-state index contributed by atoms with van der Waals surface area (Å²) in [6.45, 7) is 0. The van der Waals surface area contributed by atoms with E-state index in [1.807, 2.05) is 0 Å². The molecule has 0 unspecified atom stereocenters. The Kier molecular flexibility index (Phi) is 4.87. The number of nitrogens with one attached hydrogen (secondary N) is 2. The standard InChI is InChI=1S/C15H13F3N2OS/c1-21-13-9-5-4-8-12(13)20-14(22)19-11-7-3-2-6-10(11)15(16,17)18/h2-9H,1H3,(H2,19,20,22). The van der Waals surface area contributed by atoms with Crippen molar-refractivity contribution < 1.29 is 17.9 Å². The molecule has 2 aromatic carbocycles. The molecule has 0 amide bonds. The smallest absolute Gasteiger partial charge is 0.418 e. The van der Waals surface area contributed by atoms with Crippen LogP contribution in [0.25, 0.3) is 0 Å². The Balaban J connectivity index is 2.17. The molecular weight excluding hydrogens is 313 g/mol. The van der Waals surface area contributed by atoms with Gasteiger partial charge in [-0.3, -0.25) is 0 Å². The zero-order valence-electron chi connectivity index (χ0n) is 11.6. The van der Waals surface area contributed by atoms with Gasteiger partial charge in [0.25, 0.3) is 0 Å². The van der Waals surface area contributed by atoms with E-state index in [4.69, 9.17) is 17.0 Å². The summed E-state index contributed by atoms with van der Waals surface area (Å²) in [6, 6.07) is 12.1. The minimum absolute atomic E-state index is 0.0428. The van der Waals surface area contributed by atoms with Crippen LogP contribution in [0.4, 0.5) is 24.5 Å². The van der Waals surface area contributed by atoms with Crippen LogP contribution in [0.15, 0.2) is 48.5 Å². The molecule has 0 aliphatic heterocycles. The van der Waals surface area contributed by atoms with Crippen molar-refractivity contribution in [3.8, 4) is 5.75 Å². The molecule has 0 fully saturated rings. The molecule has 2 rings (SSSR count). The first-order chi connectivity index (χ1) is 10.4. The minimum Gasteiger partial charge on any atom is -0.495 e. The zero-order chi connectivity index (χ0) is 16.2. The van der Waals surface area contributed by atoms with Crippen molar-refractivity contribution in [2.75, 3.05) is 17.7 Å². The minimum atomic E-state index is -4.45. The van der Waals surface area contributed by atoms with E-state index in [0.29, 0.717) is 11.4 Å². The summed E-state index contributed by atoms with van der Waals surface area (Å²) >= 11 is 5.06. The summed E-state index contributed by atoms with van der Waals surface area (Å²) in [5, 5.41) is 5.42. The van der Waals surface area contributed by atoms with E-state index in [2.05, 4.69) is 10.6 Å². The molecule has 0 heterocycles. The van der Waals surface area contributed by atoms with Crippen molar-refractivity contribution in [2.45, 2.75) is 6.18 Å². The van der Waals surface area contributed by atoms with Crippen molar-refractivity contribution in [3.05, 3.63) is 54.1 Å². The molecule has 0 aromatic heterocycles. The van der Waals surface area contributed by atoms with Crippen LogP contribution in [-0.2, 0) is 6.18 Å². The van der Waals surface area contributed by atoms with Crippen molar-refractivity contribution >= 4 is 28.7 Å². The van der Waals surface area contributed by atoms with Gasteiger partial charge in [0, 0.05) is 0 Å². The van der Waals surface area contributed by atoms with Crippen LogP contribution in [0.3, 0.4) is 0 Å². The summed E-state index contributed by atoms with van der Waals surface area (Å²) in [5.74, 6) is 0.538. The molecule has 3 nitrogen and oxygen atoms in total. The first-order valence-electron chi connectivity index (χ1n) is 6.29. The van der Waals surface area contributed by atoms with Crippen molar-refractivity contribution in [1.82, 2.24) is 0 Å². The van der Waals surface area contributed by atoms with E-state index >= 15 is 0 Å². The summed E-state index contributed by atoms with van der Waals surface area (Å²) < 4.78 is 43.9. The Morgan fingerprint density at radius 1 is 0.955 bits per heavy atom. The Labute approximate surface area is 131 Å². The summed E-state index contributed by atoms with van der Waals surface area (Å²) in [4.78, 5) is 0. The zero-order valence-corrected chi connectivity index (χ0v) is 12.4. The van der Waals surface area contributed by atoms with Gasteiger partial charge in [0.05, 0.1) is 24.0 Å². The van der Waals surface area contributed by atoms with Gasteiger partial charge in [0.1, 0.15) is 5.75 Å². The van der Waals surface area contributed by atoms with Gasteiger partial charge in [-0.2, -0.15) is 13.2 Å². The van der Waals surface area contributed by atoms with Gasteiger partial charge in [-0.05, 0) is 36.5 Å². The Morgan fingerprint density at radius 3 is 2.14 bits per heavy atom. The number of anilines is 2.